The van der Waals surface area contributed by atoms with Crippen molar-refractivity contribution in [2.24, 2.45) is 17.6 Å². The largest absolute Gasteiger partial charge is 0.370 e. The van der Waals surface area contributed by atoms with Crippen LogP contribution in [0.15, 0.2) is 18.2 Å². The molecule has 0 spiro atoms. The standard InChI is InChI=1S/C17H23ClN2O2/c1-2-22-17(12-4-3-5-13(17)10-20-9-12)14-6-11(16(19)21)7-15(18)8-14/h6-8,12-13,20H,2-5,9-10H2,1H3,(H2,19,21). The van der Waals surface area contributed by atoms with E-state index < -0.39 is 5.91 Å². The Kier molecular flexibility index (Phi) is 4.44. The normalized spacial score (nSPS) is 31.0. The maximum absolute atomic E-state index is 11.6. The zero-order chi connectivity index (χ0) is 15.7. The quantitative estimate of drug-likeness (QED) is 0.895. The Bertz CT molecular complexity index is 554. The van der Waals surface area contributed by atoms with Crippen LogP contribution in [0.3, 0.4) is 0 Å². The van der Waals surface area contributed by atoms with Gasteiger partial charge in [-0.2, -0.15) is 0 Å². The molecular formula is C17H23ClN2O2. The molecule has 120 valence electrons. The number of ether oxygens (including phenoxy) is 1. The summed E-state index contributed by atoms with van der Waals surface area (Å²) in [5.74, 6) is 0.354. The third kappa shape index (κ3) is 2.53. The summed E-state index contributed by atoms with van der Waals surface area (Å²) in [5, 5.41) is 4.06. The van der Waals surface area contributed by atoms with Crippen LogP contribution in [-0.2, 0) is 10.3 Å². The molecule has 1 heterocycles. The predicted molar refractivity (Wildman–Crippen MR) is 87.0 cm³/mol. The third-order valence-corrected chi connectivity index (χ3v) is 5.33. The molecule has 1 amide bonds. The fourth-order valence-electron chi connectivity index (χ4n) is 4.30. The van der Waals surface area contributed by atoms with Crippen LogP contribution in [0.4, 0.5) is 0 Å². The van der Waals surface area contributed by atoms with E-state index in [0.717, 1.165) is 31.5 Å². The van der Waals surface area contributed by atoms with Crippen LogP contribution in [0.25, 0.3) is 0 Å². The van der Waals surface area contributed by atoms with Crippen molar-refractivity contribution in [2.75, 3.05) is 19.7 Å². The molecule has 5 heteroatoms. The van der Waals surface area contributed by atoms with Gasteiger partial charge in [-0.1, -0.05) is 18.0 Å². The smallest absolute Gasteiger partial charge is 0.248 e. The first-order valence-corrected chi connectivity index (χ1v) is 8.41. The molecule has 4 nitrogen and oxygen atoms in total. The van der Waals surface area contributed by atoms with Crippen LogP contribution >= 0.6 is 11.6 Å². The highest BCUT2D eigenvalue weighted by atomic mass is 35.5. The highest BCUT2D eigenvalue weighted by Gasteiger charge is 2.51. The highest BCUT2D eigenvalue weighted by molar-refractivity contribution is 6.31. The minimum atomic E-state index is -0.450. The van der Waals surface area contributed by atoms with Gasteiger partial charge in [0.05, 0.1) is 0 Å². The average Bonchev–Trinajstić information content (AvgIpc) is 2.46. The van der Waals surface area contributed by atoms with Crippen molar-refractivity contribution in [2.45, 2.75) is 31.8 Å². The van der Waals surface area contributed by atoms with Crippen molar-refractivity contribution < 1.29 is 9.53 Å². The van der Waals surface area contributed by atoms with E-state index in [4.69, 9.17) is 22.1 Å². The number of halogens is 1. The number of rotatable bonds is 4. The molecule has 3 rings (SSSR count). The molecule has 22 heavy (non-hydrogen) atoms. The molecule has 0 aromatic heterocycles. The molecular weight excluding hydrogens is 300 g/mol. The second-order valence-electron chi connectivity index (χ2n) is 6.30. The summed E-state index contributed by atoms with van der Waals surface area (Å²) in [5.41, 5.74) is 6.57. The molecule has 0 radical (unpaired) electrons. The molecule has 2 fully saturated rings. The van der Waals surface area contributed by atoms with Gasteiger partial charge in [-0.25, -0.2) is 0 Å². The molecule has 2 aliphatic rings. The van der Waals surface area contributed by atoms with Gasteiger partial charge in [-0.15, -0.1) is 0 Å². The molecule has 1 saturated heterocycles. The lowest BCUT2D eigenvalue weighted by Gasteiger charge is -2.53. The Morgan fingerprint density at radius 3 is 2.64 bits per heavy atom. The third-order valence-electron chi connectivity index (χ3n) is 5.12. The summed E-state index contributed by atoms with van der Waals surface area (Å²) in [6, 6.07) is 5.45. The van der Waals surface area contributed by atoms with Crippen molar-refractivity contribution in [3.63, 3.8) is 0 Å². The van der Waals surface area contributed by atoms with Crippen LogP contribution in [0.1, 0.15) is 42.1 Å². The number of nitrogens with two attached hydrogens (primary N) is 1. The van der Waals surface area contributed by atoms with Gasteiger partial charge in [-0.3, -0.25) is 4.79 Å². The Hall–Kier alpha value is -1.10. The van der Waals surface area contributed by atoms with Crippen molar-refractivity contribution in [3.05, 3.63) is 34.3 Å². The summed E-state index contributed by atoms with van der Waals surface area (Å²) >= 11 is 6.25. The summed E-state index contributed by atoms with van der Waals surface area (Å²) < 4.78 is 6.36. The SMILES string of the molecule is CCOC1(c2cc(Cl)cc(C(N)=O)c2)C2CCCC1CNC2. The fraction of sp³-hybridized carbons (Fsp3) is 0.588. The summed E-state index contributed by atoms with van der Waals surface area (Å²) in [4.78, 5) is 11.6. The lowest BCUT2D eigenvalue weighted by atomic mass is 9.62. The van der Waals surface area contributed by atoms with Gasteiger partial charge in [0.25, 0.3) is 0 Å². The van der Waals surface area contributed by atoms with Crippen LogP contribution in [0.5, 0.6) is 0 Å². The Balaban J connectivity index is 2.13. The molecule has 1 aliphatic carbocycles. The van der Waals surface area contributed by atoms with Crippen LogP contribution in [0.2, 0.25) is 5.02 Å². The van der Waals surface area contributed by atoms with Gasteiger partial charge in [0, 0.05) is 42.1 Å². The number of hydrogen-bond donors (Lipinski definition) is 2. The first-order valence-electron chi connectivity index (χ1n) is 8.03. The minimum Gasteiger partial charge on any atom is -0.370 e. The van der Waals surface area contributed by atoms with Crippen molar-refractivity contribution in [3.8, 4) is 0 Å². The number of piperidine rings is 1. The van der Waals surface area contributed by atoms with Crippen molar-refractivity contribution in [1.29, 1.82) is 0 Å². The van der Waals surface area contributed by atoms with E-state index in [2.05, 4.69) is 5.32 Å². The van der Waals surface area contributed by atoms with Gasteiger partial charge >= 0.3 is 0 Å². The highest BCUT2D eigenvalue weighted by Crippen LogP contribution is 2.50. The van der Waals surface area contributed by atoms with Gasteiger partial charge in [0.15, 0.2) is 0 Å². The average molecular weight is 323 g/mol. The zero-order valence-corrected chi connectivity index (χ0v) is 13.7. The van der Waals surface area contributed by atoms with E-state index in [1.807, 2.05) is 19.1 Å². The number of nitrogens with one attached hydrogen (secondary N) is 1. The number of benzene rings is 1. The summed E-state index contributed by atoms with van der Waals surface area (Å²) in [7, 11) is 0. The maximum Gasteiger partial charge on any atom is 0.248 e. The van der Waals surface area contributed by atoms with Crippen LogP contribution in [0, 0.1) is 11.8 Å². The lowest BCUT2D eigenvalue weighted by Crippen LogP contribution is -2.58. The van der Waals surface area contributed by atoms with Gasteiger partial charge in [0.1, 0.15) is 5.60 Å². The Morgan fingerprint density at radius 1 is 1.36 bits per heavy atom. The van der Waals surface area contributed by atoms with Crippen molar-refractivity contribution in [1.82, 2.24) is 5.32 Å². The van der Waals surface area contributed by atoms with Crippen molar-refractivity contribution >= 4 is 17.5 Å². The number of amides is 1. The second-order valence-corrected chi connectivity index (χ2v) is 6.74. The lowest BCUT2D eigenvalue weighted by molar-refractivity contribution is -0.161. The predicted octanol–water partition coefficient (Wildman–Crippen LogP) is 2.69. The van der Waals surface area contributed by atoms with Gasteiger partial charge in [0.2, 0.25) is 5.91 Å². The molecule has 2 unspecified atom stereocenters. The number of carbonyl (C=O) groups is 1. The van der Waals surface area contributed by atoms with Gasteiger partial charge < -0.3 is 15.8 Å². The van der Waals surface area contributed by atoms with Crippen LogP contribution in [-0.4, -0.2) is 25.6 Å². The molecule has 1 saturated carbocycles. The van der Waals surface area contributed by atoms with E-state index in [1.54, 1.807) is 6.07 Å². The topological polar surface area (TPSA) is 64.3 Å². The van der Waals surface area contributed by atoms with E-state index in [-0.39, 0.29) is 5.60 Å². The second kappa shape index (κ2) is 6.19. The number of carbonyl (C=O) groups excluding carboxylic acids is 1. The van der Waals surface area contributed by atoms with Crippen LogP contribution < -0.4 is 11.1 Å². The van der Waals surface area contributed by atoms with Gasteiger partial charge in [-0.05, 0) is 43.5 Å². The first kappa shape index (κ1) is 15.8. The fourth-order valence-corrected chi connectivity index (χ4v) is 4.53. The molecule has 1 aliphatic heterocycles. The number of fused-ring (bicyclic) bond motifs is 2. The number of primary amides is 1. The first-order chi connectivity index (χ1) is 10.6. The molecule has 1 aromatic carbocycles. The molecule has 2 bridgehead atoms. The monoisotopic (exact) mass is 322 g/mol. The summed E-state index contributed by atoms with van der Waals surface area (Å²) in [6.07, 6.45) is 3.49. The zero-order valence-electron chi connectivity index (χ0n) is 12.9. The molecule has 3 N–H and O–H groups in total. The summed E-state index contributed by atoms with van der Waals surface area (Å²) in [6.45, 7) is 4.55. The van der Waals surface area contributed by atoms with E-state index >= 15 is 0 Å². The van der Waals surface area contributed by atoms with E-state index in [1.165, 1.54) is 6.42 Å². The molecule has 1 aromatic rings. The Morgan fingerprint density at radius 2 is 2.05 bits per heavy atom. The Labute approximate surface area is 136 Å². The minimum absolute atomic E-state index is 0.354. The van der Waals surface area contributed by atoms with E-state index in [0.29, 0.717) is 29.0 Å². The molecule has 2 atom stereocenters. The number of hydrogen-bond acceptors (Lipinski definition) is 3. The maximum atomic E-state index is 11.6. The van der Waals surface area contributed by atoms with E-state index in [9.17, 15) is 4.79 Å².